The van der Waals surface area contributed by atoms with Gasteiger partial charge in [0.2, 0.25) is 0 Å². The van der Waals surface area contributed by atoms with Crippen LogP contribution in [-0.2, 0) is 14.3 Å². The number of hydrogen-bond acceptors (Lipinski definition) is 4. The van der Waals surface area contributed by atoms with Gasteiger partial charge in [-0.15, -0.1) is 0 Å². The molecule has 0 saturated carbocycles. The maximum atomic E-state index is 11.3. The van der Waals surface area contributed by atoms with E-state index in [1.807, 2.05) is 6.92 Å². The molecular weight excluding hydrogens is 170 g/mol. The molecule has 1 rings (SSSR count). The molecule has 1 aliphatic heterocycles. The first kappa shape index (κ1) is 10.2. The highest BCUT2D eigenvalue weighted by atomic mass is 16.5. The molecule has 0 amide bonds. The number of esters is 1. The van der Waals surface area contributed by atoms with Gasteiger partial charge in [-0.2, -0.15) is 0 Å². The van der Waals surface area contributed by atoms with E-state index in [1.165, 1.54) is 7.11 Å². The fourth-order valence-corrected chi connectivity index (χ4v) is 1.53. The molecule has 0 N–H and O–H groups in total. The topological polar surface area (TPSA) is 46.6 Å². The summed E-state index contributed by atoms with van der Waals surface area (Å²) >= 11 is 0. The number of carbonyl (C=O) groups excluding carboxylic acids is 2. The predicted molar refractivity (Wildman–Crippen MR) is 47.2 cm³/mol. The van der Waals surface area contributed by atoms with E-state index in [1.54, 1.807) is 0 Å². The third-order valence-corrected chi connectivity index (χ3v) is 2.44. The summed E-state index contributed by atoms with van der Waals surface area (Å²) in [6.45, 7) is 4.18. The van der Waals surface area contributed by atoms with Gasteiger partial charge in [-0.1, -0.05) is 6.92 Å². The molecule has 1 fully saturated rings. The van der Waals surface area contributed by atoms with Crippen LogP contribution in [0.5, 0.6) is 0 Å². The maximum Gasteiger partial charge on any atom is 0.317 e. The van der Waals surface area contributed by atoms with Crippen LogP contribution >= 0.6 is 0 Å². The molecule has 1 aliphatic rings. The van der Waals surface area contributed by atoms with Crippen molar-refractivity contribution >= 4 is 11.8 Å². The zero-order chi connectivity index (χ0) is 9.84. The number of likely N-dealkylation sites (tertiary alicyclic amines) is 1. The highest BCUT2D eigenvalue weighted by molar-refractivity contribution is 5.99. The number of Topliss-reactive ketones (excluding diaryl/α,β-unsaturated/α-hetero) is 1. The first-order valence-electron chi connectivity index (χ1n) is 4.52. The van der Waals surface area contributed by atoms with E-state index >= 15 is 0 Å². The van der Waals surface area contributed by atoms with E-state index in [2.05, 4.69) is 9.64 Å². The third kappa shape index (κ3) is 2.28. The van der Waals surface area contributed by atoms with E-state index < -0.39 is 11.9 Å². The summed E-state index contributed by atoms with van der Waals surface area (Å²) in [5, 5.41) is 0. The van der Waals surface area contributed by atoms with Gasteiger partial charge in [0.25, 0.3) is 0 Å². The van der Waals surface area contributed by atoms with Crippen LogP contribution in [0.4, 0.5) is 0 Å². The molecule has 13 heavy (non-hydrogen) atoms. The number of piperidine rings is 1. The summed E-state index contributed by atoms with van der Waals surface area (Å²) in [6.07, 6.45) is 0.466. The van der Waals surface area contributed by atoms with Crippen LogP contribution in [-0.4, -0.2) is 43.4 Å². The molecule has 1 heterocycles. The molecule has 0 spiro atoms. The van der Waals surface area contributed by atoms with E-state index in [9.17, 15) is 9.59 Å². The van der Waals surface area contributed by atoms with Crippen molar-refractivity contribution in [3.8, 4) is 0 Å². The molecule has 0 bridgehead atoms. The van der Waals surface area contributed by atoms with Crippen molar-refractivity contribution in [3.05, 3.63) is 0 Å². The zero-order valence-electron chi connectivity index (χ0n) is 8.08. The minimum atomic E-state index is -0.557. The van der Waals surface area contributed by atoms with Gasteiger partial charge in [0, 0.05) is 19.5 Å². The number of rotatable bonds is 2. The SMILES string of the molecule is CCN1CCC(=O)C(C(=O)OC)C1. The van der Waals surface area contributed by atoms with Crippen molar-refractivity contribution in [1.29, 1.82) is 0 Å². The van der Waals surface area contributed by atoms with Crippen LogP contribution in [0.25, 0.3) is 0 Å². The Morgan fingerprint density at radius 3 is 2.92 bits per heavy atom. The normalized spacial score (nSPS) is 24.5. The van der Waals surface area contributed by atoms with Gasteiger partial charge in [0.05, 0.1) is 7.11 Å². The van der Waals surface area contributed by atoms with Crippen molar-refractivity contribution in [1.82, 2.24) is 4.90 Å². The van der Waals surface area contributed by atoms with Crippen molar-refractivity contribution in [3.63, 3.8) is 0 Å². The lowest BCUT2D eigenvalue weighted by atomic mass is 9.97. The molecule has 0 aromatic carbocycles. The van der Waals surface area contributed by atoms with E-state index in [-0.39, 0.29) is 5.78 Å². The lowest BCUT2D eigenvalue weighted by Gasteiger charge is -2.28. The second-order valence-corrected chi connectivity index (χ2v) is 3.19. The van der Waals surface area contributed by atoms with Gasteiger partial charge < -0.3 is 9.64 Å². The minimum Gasteiger partial charge on any atom is -0.468 e. The van der Waals surface area contributed by atoms with Crippen LogP contribution in [0.1, 0.15) is 13.3 Å². The van der Waals surface area contributed by atoms with Crippen molar-refractivity contribution in [2.45, 2.75) is 13.3 Å². The van der Waals surface area contributed by atoms with Crippen LogP contribution in [0.3, 0.4) is 0 Å². The summed E-state index contributed by atoms with van der Waals surface area (Å²) in [5.41, 5.74) is 0. The molecule has 4 nitrogen and oxygen atoms in total. The van der Waals surface area contributed by atoms with Gasteiger partial charge in [0.15, 0.2) is 0 Å². The summed E-state index contributed by atoms with van der Waals surface area (Å²) in [4.78, 5) is 24.6. The molecule has 0 aliphatic carbocycles. The molecule has 0 aromatic heterocycles. The molecule has 4 heteroatoms. The van der Waals surface area contributed by atoms with Gasteiger partial charge in [0.1, 0.15) is 11.7 Å². The number of ether oxygens (including phenoxy) is 1. The largest absolute Gasteiger partial charge is 0.468 e. The van der Waals surface area contributed by atoms with Crippen molar-refractivity contribution < 1.29 is 14.3 Å². The second-order valence-electron chi connectivity index (χ2n) is 3.19. The standard InChI is InChI=1S/C9H15NO3/c1-3-10-5-4-8(11)7(6-10)9(12)13-2/h7H,3-6H2,1-2H3. The molecule has 0 aromatic rings. The summed E-state index contributed by atoms with van der Waals surface area (Å²) in [7, 11) is 1.32. The smallest absolute Gasteiger partial charge is 0.317 e. The Labute approximate surface area is 77.8 Å². The van der Waals surface area contributed by atoms with E-state index in [0.717, 1.165) is 13.1 Å². The summed E-state index contributed by atoms with van der Waals surface area (Å²) < 4.78 is 4.57. The lowest BCUT2D eigenvalue weighted by Crippen LogP contribution is -2.44. The van der Waals surface area contributed by atoms with Crippen molar-refractivity contribution in [2.24, 2.45) is 5.92 Å². The van der Waals surface area contributed by atoms with Crippen LogP contribution in [0, 0.1) is 5.92 Å². The number of hydrogen-bond donors (Lipinski definition) is 0. The second kappa shape index (κ2) is 4.37. The molecule has 1 atom stereocenters. The molecule has 0 radical (unpaired) electrons. The van der Waals surface area contributed by atoms with E-state index in [0.29, 0.717) is 13.0 Å². The zero-order valence-corrected chi connectivity index (χ0v) is 8.08. The maximum absolute atomic E-state index is 11.3. The van der Waals surface area contributed by atoms with Crippen LogP contribution in [0.15, 0.2) is 0 Å². The Morgan fingerprint density at radius 1 is 1.69 bits per heavy atom. The fraction of sp³-hybridized carbons (Fsp3) is 0.778. The quantitative estimate of drug-likeness (QED) is 0.451. The molecular formula is C9H15NO3. The highest BCUT2D eigenvalue weighted by Crippen LogP contribution is 2.13. The van der Waals surface area contributed by atoms with Gasteiger partial charge >= 0.3 is 5.97 Å². The minimum absolute atomic E-state index is 0.0107. The van der Waals surface area contributed by atoms with Gasteiger partial charge in [-0.05, 0) is 6.54 Å². The Kier molecular flexibility index (Phi) is 3.42. The molecule has 1 saturated heterocycles. The third-order valence-electron chi connectivity index (χ3n) is 2.44. The lowest BCUT2D eigenvalue weighted by molar-refractivity contribution is -0.151. The first-order valence-corrected chi connectivity index (χ1v) is 4.52. The Bertz CT molecular complexity index is 207. The predicted octanol–water partition coefficient (Wildman–Crippen LogP) is 0.0703. The fourth-order valence-electron chi connectivity index (χ4n) is 1.53. The average molecular weight is 185 g/mol. The number of carbonyl (C=O) groups is 2. The van der Waals surface area contributed by atoms with Crippen molar-refractivity contribution in [2.75, 3.05) is 26.7 Å². The highest BCUT2D eigenvalue weighted by Gasteiger charge is 2.32. The monoisotopic (exact) mass is 185 g/mol. The Balaban J connectivity index is 2.59. The van der Waals surface area contributed by atoms with Gasteiger partial charge in [-0.3, -0.25) is 9.59 Å². The molecule has 74 valence electrons. The first-order chi connectivity index (χ1) is 6.19. The van der Waals surface area contributed by atoms with Crippen LogP contribution in [0.2, 0.25) is 0 Å². The van der Waals surface area contributed by atoms with Gasteiger partial charge in [-0.25, -0.2) is 0 Å². The number of ketones is 1. The number of methoxy groups -OCH3 is 1. The Morgan fingerprint density at radius 2 is 2.38 bits per heavy atom. The van der Waals surface area contributed by atoms with Crippen LogP contribution < -0.4 is 0 Å². The Hall–Kier alpha value is -0.900. The average Bonchev–Trinajstić information content (AvgIpc) is 2.17. The summed E-state index contributed by atoms with van der Waals surface area (Å²) in [6, 6.07) is 0. The van der Waals surface area contributed by atoms with E-state index in [4.69, 9.17) is 0 Å². The summed E-state index contributed by atoms with van der Waals surface area (Å²) in [5.74, 6) is -0.946. The molecule has 1 unspecified atom stereocenters. The number of nitrogens with zero attached hydrogens (tertiary/aromatic N) is 1.